The maximum absolute atomic E-state index is 12.7. The molecule has 4 rings (SSSR count). The molecule has 28 heavy (non-hydrogen) atoms. The highest BCUT2D eigenvalue weighted by Gasteiger charge is 2.34. The van der Waals surface area contributed by atoms with Gasteiger partial charge in [-0.2, -0.15) is 5.10 Å². The highest BCUT2D eigenvalue weighted by molar-refractivity contribution is 5.33. The van der Waals surface area contributed by atoms with Crippen molar-refractivity contribution in [2.45, 2.75) is 50.6 Å². The molecule has 1 atom stereocenters. The average molecular weight is 396 g/mol. The number of rotatable bonds is 5. The molecule has 0 saturated carbocycles. The molecule has 0 spiro atoms. The Kier molecular flexibility index (Phi) is 5.54. The van der Waals surface area contributed by atoms with Crippen LogP contribution in [-0.4, -0.2) is 46.2 Å². The zero-order valence-electron chi connectivity index (χ0n) is 15.4. The van der Waals surface area contributed by atoms with E-state index in [0.29, 0.717) is 18.0 Å². The van der Waals surface area contributed by atoms with Gasteiger partial charge < -0.3 is 9.47 Å². The third kappa shape index (κ3) is 4.47. The summed E-state index contributed by atoms with van der Waals surface area (Å²) in [4.78, 5) is 6.85. The molecular weight excluding hydrogens is 373 g/mol. The second-order valence-corrected chi connectivity index (χ2v) is 7.25. The first-order chi connectivity index (χ1) is 13.5. The highest BCUT2D eigenvalue weighted by Crippen LogP contribution is 2.35. The number of nitrogens with one attached hydrogen (secondary N) is 1. The van der Waals surface area contributed by atoms with E-state index in [2.05, 4.69) is 19.8 Å². The number of halogens is 3. The lowest BCUT2D eigenvalue weighted by molar-refractivity contribution is -0.275. The topological polar surface area (TPSA) is 63.3 Å². The Labute approximate surface area is 161 Å². The zero-order valence-corrected chi connectivity index (χ0v) is 15.4. The van der Waals surface area contributed by atoms with E-state index in [-0.39, 0.29) is 11.8 Å². The van der Waals surface area contributed by atoms with Crippen molar-refractivity contribution >= 4 is 0 Å². The van der Waals surface area contributed by atoms with Crippen molar-refractivity contribution in [3.05, 3.63) is 41.5 Å². The number of benzene rings is 1. The van der Waals surface area contributed by atoms with Crippen LogP contribution in [0.5, 0.6) is 5.75 Å². The van der Waals surface area contributed by atoms with E-state index in [1.54, 1.807) is 18.2 Å². The molecule has 1 aromatic heterocycles. The van der Waals surface area contributed by atoms with Crippen LogP contribution in [0.2, 0.25) is 0 Å². The molecule has 2 aliphatic heterocycles. The van der Waals surface area contributed by atoms with Crippen molar-refractivity contribution in [3.8, 4) is 5.75 Å². The summed E-state index contributed by atoms with van der Waals surface area (Å²) in [5, 5.41) is 7.46. The number of hydrogen-bond acceptors (Lipinski definition) is 5. The predicted octanol–water partition coefficient (Wildman–Crippen LogP) is 3.93. The molecule has 1 N–H and O–H groups in total. The summed E-state index contributed by atoms with van der Waals surface area (Å²) in [7, 11) is 0. The van der Waals surface area contributed by atoms with Crippen molar-refractivity contribution in [2.75, 3.05) is 19.8 Å². The number of para-hydroxylation sites is 1. The van der Waals surface area contributed by atoms with Crippen molar-refractivity contribution in [2.24, 2.45) is 0 Å². The summed E-state index contributed by atoms with van der Waals surface area (Å²) < 4.78 is 47.6. The molecule has 0 amide bonds. The molecule has 2 aromatic rings. The molecule has 1 aromatic carbocycles. The summed E-state index contributed by atoms with van der Waals surface area (Å²) >= 11 is 0. The molecule has 2 fully saturated rings. The van der Waals surface area contributed by atoms with Crippen LogP contribution in [0.1, 0.15) is 54.9 Å². The van der Waals surface area contributed by atoms with E-state index in [9.17, 15) is 13.2 Å². The van der Waals surface area contributed by atoms with Gasteiger partial charge in [0.25, 0.3) is 0 Å². The number of hydrogen-bond donors (Lipinski definition) is 1. The number of likely N-dealkylation sites (tertiary alicyclic amines) is 1. The average Bonchev–Trinajstić information content (AvgIpc) is 3.32. The number of aromatic nitrogens is 3. The fraction of sp³-hybridized carbons (Fsp3) is 0.579. The van der Waals surface area contributed by atoms with Gasteiger partial charge >= 0.3 is 6.36 Å². The molecule has 152 valence electrons. The Morgan fingerprint density at radius 3 is 2.75 bits per heavy atom. The largest absolute Gasteiger partial charge is 0.573 e. The summed E-state index contributed by atoms with van der Waals surface area (Å²) in [6.45, 7) is 2.60. The van der Waals surface area contributed by atoms with Crippen LogP contribution in [0.3, 0.4) is 0 Å². The molecule has 2 saturated heterocycles. The monoisotopic (exact) mass is 396 g/mol. The Morgan fingerprint density at radius 2 is 1.96 bits per heavy atom. The minimum atomic E-state index is -4.70. The smallest absolute Gasteiger partial charge is 0.405 e. The number of nitrogens with zero attached hydrogens (tertiary/aromatic N) is 3. The molecule has 3 heterocycles. The van der Waals surface area contributed by atoms with Gasteiger partial charge in [-0.1, -0.05) is 18.2 Å². The van der Waals surface area contributed by atoms with E-state index in [4.69, 9.17) is 9.72 Å². The maximum atomic E-state index is 12.7. The molecule has 9 heteroatoms. The normalized spacial score (nSPS) is 21.9. The predicted molar refractivity (Wildman–Crippen MR) is 94.7 cm³/mol. The minimum Gasteiger partial charge on any atom is -0.405 e. The molecule has 2 aliphatic rings. The quantitative estimate of drug-likeness (QED) is 0.830. The van der Waals surface area contributed by atoms with Gasteiger partial charge in [0, 0.05) is 31.2 Å². The van der Waals surface area contributed by atoms with Gasteiger partial charge in [-0.05, 0) is 38.3 Å². The van der Waals surface area contributed by atoms with E-state index in [0.717, 1.165) is 57.1 Å². The Morgan fingerprint density at radius 1 is 1.18 bits per heavy atom. The van der Waals surface area contributed by atoms with Gasteiger partial charge in [0.1, 0.15) is 11.6 Å². The Balaban J connectivity index is 1.48. The van der Waals surface area contributed by atoms with Crippen molar-refractivity contribution < 1.29 is 22.6 Å². The molecular formula is C19H23F3N4O2. The third-order valence-corrected chi connectivity index (χ3v) is 5.36. The fourth-order valence-electron chi connectivity index (χ4n) is 3.98. The zero-order chi connectivity index (χ0) is 19.6. The van der Waals surface area contributed by atoms with Crippen LogP contribution in [-0.2, 0) is 11.3 Å². The van der Waals surface area contributed by atoms with Crippen molar-refractivity contribution in [1.82, 2.24) is 20.1 Å². The van der Waals surface area contributed by atoms with Crippen LogP contribution in [0.4, 0.5) is 13.2 Å². The molecule has 0 aliphatic carbocycles. The number of ether oxygens (including phenoxy) is 2. The fourth-order valence-corrected chi connectivity index (χ4v) is 3.98. The SMILES string of the molecule is FC(F)(F)Oc1ccccc1CN1CCC[C@H]1c1nc(C2CCOCC2)n[nH]1. The molecule has 0 unspecified atom stereocenters. The van der Waals surface area contributed by atoms with E-state index in [1.807, 2.05) is 0 Å². The van der Waals surface area contributed by atoms with Gasteiger partial charge in [-0.25, -0.2) is 4.98 Å². The summed E-state index contributed by atoms with van der Waals surface area (Å²) in [5.41, 5.74) is 0.510. The van der Waals surface area contributed by atoms with Gasteiger partial charge in [0.05, 0.1) is 6.04 Å². The first-order valence-corrected chi connectivity index (χ1v) is 9.57. The lowest BCUT2D eigenvalue weighted by Crippen LogP contribution is -2.25. The van der Waals surface area contributed by atoms with Crippen molar-refractivity contribution in [1.29, 1.82) is 0 Å². The lowest BCUT2D eigenvalue weighted by atomic mass is 10.00. The summed E-state index contributed by atoms with van der Waals surface area (Å²) in [6, 6.07) is 6.31. The van der Waals surface area contributed by atoms with Gasteiger partial charge in [-0.3, -0.25) is 10.00 Å². The van der Waals surface area contributed by atoms with Crippen LogP contribution in [0, 0.1) is 0 Å². The van der Waals surface area contributed by atoms with Crippen LogP contribution in [0.25, 0.3) is 0 Å². The first kappa shape index (κ1) is 19.2. The molecule has 6 nitrogen and oxygen atoms in total. The standard InChI is InChI=1S/C19H23F3N4O2/c20-19(21,22)28-16-6-2-1-4-14(16)12-26-9-3-5-15(26)18-23-17(24-25-18)13-7-10-27-11-8-13/h1-2,4,6,13,15H,3,5,7-12H2,(H,23,24,25)/t15-/m0/s1. The molecule has 0 bridgehead atoms. The number of H-pyrrole nitrogens is 1. The van der Waals surface area contributed by atoms with Gasteiger partial charge in [0.15, 0.2) is 5.82 Å². The highest BCUT2D eigenvalue weighted by atomic mass is 19.4. The van der Waals surface area contributed by atoms with E-state index >= 15 is 0 Å². The maximum Gasteiger partial charge on any atom is 0.573 e. The Hall–Kier alpha value is -2.13. The summed E-state index contributed by atoms with van der Waals surface area (Å²) in [6.07, 6.45) is -1.03. The van der Waals surface area contributed by atoms with Gasteiger partial charge in [0.2, 0.25) is 0 Å². The van der Waals surface area contributed by atoms with Crippen molar-refractivity contribution in [3.63, 3.8) is 0 Å². The van der Waals surface area contributed by atoms with E-state index in [1.165, 1.54) is 6.07 Å². The number of aromatic amines is 1. The Bertz CT molecular complexity index is 789. The first-order valence-electron chi connectivity index (χ1n) is 9.57. The second-order valence-electron chi connectivity index (χ2n) is 7.25. The molecule has 0 radical (unpaired) electrons. The van der Waals surface area contributed by atoms with Crippen LogP contribution < -0.4 is 4.74 Å². The van der Waals surface area contributed by atoms with E-state index < -0.39 is 6.36 Å². The van der Waals surface area contributed by atoms with Crippen LogP contribution in [0.15, 0.2) is 24.3 Å². The lowest BCUT2D eigenvalue weighted by Gasteiger charge is -2.24. The van der Waals surface area contributed by atoms with Gasteiger partial charge in [-0.15, -0.1) is 13.2 Å². The third-order valence-electron chi connectivity index (χ3n) is 5.36. The second kappa shape index (κ2) is 8.08. The summed E-state index contributed by atoms with van der Waals surface area (Å²) in [5.74, 6) is 1.75. The van der Waals surface area contributed by atoms with Crippen LogP contribution >= 0.6 is 0 Å². The minimum absolute atomic E-state index is 0.0139. The number of alkyl halides is 3.